The number of aryl methyl sites for hydroxylation is 1. The molecule has 2 heterocycles. The average Bonchev–Trinajstić information content (AvgIpc) is 3.21. The van der Waals surface area contributed by atoms with Crippen LogP contribution >= 0.6 is 0 Å². The van der Waals surface area contributed by atoms with Gasteiger partial charge in [0.05, 0.1) is 0 Å². The fraction of sp³-hybridized carbons (Fsp3) is 0.550. The van der Waals surface area contributed by atoms with Gasteiger partial charge in [0, 0.05) is 57.7 Å². The first kappa shape index (κ1) is 23.1. The molecule has 1 amide bonds. The highest BCUT2D eigenvalue weighted by Gasteiger charge is 2.27. The summed E-state index contributed by atoms with van der Waals surface area (Å²) in [5.74, 6) is 0.308. The summed E-state index contributed by atoms with van der Waals surface area (Å²) in [6.45, 7) is 1.93. The number of rotatable bonds is 9. The zero-order valence-electron chi connectivity index (χ0n) is 16.9. The van der Waals surface area contributed by atoms with Crippen molar-refractivity contribution in [2.24, 2.45) is 0 Å². The number of alkyl halides is 3. The van der Waals surface area contributed by atoms with Crippen molar-refractivity contribution in [1.82, 2.24) is 19.9 Å². The van der Waals surface area contributed by atoms with Gasteiger partial charge in [-0.05, 0) is 30.7 Å². The highest BCUT2D eigenvalue weighted by Crippen LogP contribution is 2.17. The Morgan fingerprint density at radius 3 is 2.52 bits per heavy atom. The molecule has 0 aliphatic carbocycles. The maximum Gasteiger partial charge on any atom is 0.411 e. The monoisotopic (exact) mass is 444 g/mol. The van der Waals surface area contributed by atoms with Crippen molar-refractivity contribution in [2.75, 3.05) is 45.9 Å². The molecule has 0 bridgehead atoms. The van der Waals surface area contributed by atoms with Crippen molar-refractivity contribution >= 4 is 5.91 Å². The molecule has 2 aromatic rings. The van der Waals surface area contributed by atoms with E-state index in [1.807, 2.05) is 0 Å². The molecule has 0 atom stereocenters. The van der Waals surface area contributed by atoms with Gasteiger partial charge in [-0.25, -0.2) is 4.39 Å². The molecule has 1 saturated heterocycles. The highest BCUT2D eigenvalue weighted by atomic mass is 19.4. The molecule has 31 heavy (non-hydrogen) atoms. The summed E-state index contributed by atoms with van der Waals surface area (Å²) in [6.07, 6.45) is -3.24. The number of carbonyl (C=O) groups excluding carboxylic acids is 1. The number of amides is 1. The van der Waals surface area contributed by atoms with Gasteiger partial charge in [-0.1, -0.05) is 5.16 Å². The average molecular weight is 444 g/mol. The molecule has 1 aliphatic rings. The Morgan fingerprint density at radius 2 is 1.84 bits per heavy atom. The molecule has 3 rings (SSSR count). The summed E-state index contributed by atoms with van der Waals surface area (Å²) in [4.78, 5) is 20.5. The SMILES string of the molecule is O=C(CCc1nc(-c2ccc(F)cc2)no1)N1CCN(CCCOCC(F)(F)F)CC1. The van der Waals surface area contributed by atoms with Gasteiger partial charge in [0.1, 0.15) is 12.4 Å². The van der Waals surface area contributed by atoms with Crippen molar-refractivity contribution in [2.45, 2.75) is 25.4 Å². The highest BCUT2D eigenvalue weighted by molar-refractivity contribution is 5.76. The van der Waals surface area contributed by atoms with E-state index in [2.05, 4.69) is 19.8 Å². The number of carbonyl (C=O) groups is 1. The molecule has 1 aromatic carbocycles. The molecular weight excluding hydrogens is 420 g/mol. The van der Waals surface area contributed by atoms with Gasteiger partial charge in [0.25, 0.3) is 0 Å². The smallest absolute Gasteiger partial charge is 0.372 e. The predicted molar refractivity (Wildman–Crippen MR) is 103 cm³/mol. The zero-order valence-corrected chi connectivity index (χ0v) is 16.9. The van der Waals surface area contributed by atoms with E-state index in [0.29, 0.717) is 62.8 Å². The third kappa shape index (κ3) is 7.59. The Kier molecular flexibility index (Phi) is 7.97. The molecule has 11 heteroatoms. The summed E-state index contributed by atoms with van der Waals surface area (Å²) >= 11 is 0. The number of halogens is 4. The van der Waals surface area contributed by atoms with Crippen LogP contribution in [-0.2, 0) is 16.0 Å². The fourth-order valence-electron chi connectivity index (χ4n) is 3.24. The Labute approximate surface area is 177 Å². The first-order valence-corrected chi connectivity index (χ1v) is 10.0. The minimum absolute atomic E-state index is 0.0188. The van der Waals surface area contributed by atoms with Crippen LogP contribution in [0, 0.1) is 5.82 Å². The van der Waals surface area contributed by atoms with Crippen LogP contribution in [0.3, 0.4) is 0 Å². The lowest BCUT2D eigenvalue weighted by molar-refractivity contribution is -0.174. The Bertz CT molecular complexity index is 834. The van der Waals surface area contributed by atoms with Crippen molar-refractivity contribution in [1.29, 1.82) is 0 Å². The van der Waals surface area contributed by atoms with Crippen LogP contribution in [0.1, 0.15) is 18.7 Å². The van der Waals surface area contributed by atoms with Crippen LogP contribution in [0.4, 0.5) is 17.6 Å². The Balaban J connectivity index is 1.34. The standard InChI is InChI=1S/C20H24F4N4O3/c21-16-4-2-15(3-5-16)19-25-17(31-26-19)6-7-18(29)28-11-9-27(10-12-28)8-1-13-30-14-20(22,23)24/h2-5H,1,6-14H2. The third-order valence-electron chi connectivity index (χ3n) is 4.88. The van der Waals surface area contributed by atoms with Gasteiger partial charge in [-0.3, -0.25) is 9.69 Å². The van der Waals surface area contributed by atoms with Gasteiger partial charge >= 0.3 is 6.18 Å². The third-order valence-corrected chi connectivity index (χ3v) is 4.88. The molecule has 1 aromatic heterocycles. The first-order valence-electron chi connectivity index (χ1n) is 10.0. The maximum absolute atomic E-state index is 13.0. The molecule has 0 N–H and O–H groups in total. The number of ether oxygens (including phenoxy) is 1. The van der Waals surface area contributed by atoms with Gasteiger partial charge in [0.2, 0.25) is 17.6 Å². The van der Waals surface area contributed by atoms with E-state index in [1.54, 1.807) is 17.0 Å². The Morgan fingerprint density at radius 1 is 1.13 bits per heavy atom. The minimum Gasteiger partial charge on any atom is -0.372 e. The predicted octanol–water partition coefficient (Wildman–Crippen LogP) is 2.92. The van der Waals surface area contributed by atoms with E-state index < -0.39 is 12.8 Å². The quantitative estimate of drug-likeness (QED) is 0.438. The van der Waals surface area contributed by atoms with Gasteiger partial charge in [-0.15, -0.1) is 0 Å². The van der Waals surface area contributed by atoms with Crippen molar-refractivity contribution in [3.8, 4) is 11.4 Å². The van der Waals surface area contributed by atoms with Crippen LogP contribution in [-0.4, -0.2) is 78.0 Å². The van der Waals surface area contributed by atoms with Crippen molar-refractivity contribution in [3.05, 3.63) is 36.0 Å². The van der Waals surface area contributed by atoms with E-state index in [9.17, 15) is 22.4 Å². The zero-order chi connectivity index (χ0) is 22.3. The number of hydrogen-bond donors (Lipinski definition) is 0. The number of benzene rings is 1. The summed E-state index contributed by atoms with van der Waals surface area (Å²) < 4.78 is 58.8. The van der Waals surface area contributed by atoms with E-state index in [1.165, 1.54) is 12.1 Å². The second-order valence-electron chi connectivity index (χ2n) is 7.26. The van der Waals surface area contributed by atoms with Gasteiger partial charge in [-0.2, -0.15) is 18.2 Å². The topological polar surface area (TPSA) is 71.7 Å². The molecule has 1 fully saturated rings. The molecule has 0 unspecified atom stereocenters. The molecule has 1 aliphatic heterocycles. The number of aromatic nitrogens is 2. The minimum atomic E-state index is -4.30. The van der Waals surface area contributed by atoms with Gasteiger partial charge in [0.15, 0.2) is 0 Å². The number of nitrogens with zero attached hydrogens (tertiary/aromatic N) is 4. The molecular formula is C20H24F4N4O3. The Hall–Kier alpha value is -2.53. The van der Waals surface area contributed by atoms with E-state index in [0.717, 1.165) is 0 Å². The lowest BCUT2D eigenvalue weighted by atomic mass is 10.2. The first-order chi connectivity index (χ1) is 14.8. The van der Waals surface area contributed by atoms with Crippen molar-refractivity contribution in [3.63, 3.8) is 0 Å². The van der Waals surface area contributed by atoms with Crippen LogP contribution < -0.4 is 0 Å². The molecule has 170 valence electrons. The summed E-state index contributed by atoms with van der Waals surface area (Å²) in [5, 5.41) is 3.86. The second kappa shape index (κ2) is 10.7. The van der Waals surface area contributed by atoms with Crippen LogP contribution in [0.15, 0.2) is 28.8 Å². The van der Waals surface area contributed by atoms with Gasteiger partial charge < -0.3 is 14.2 Å². The lowest BCUT2D eigenvalue weighted by Gasteiger charge is -2.34. The van der Waals surface area contributed by atoms with E-state index in [-0.39, 0.29) is 24.8 Å². The largest absolute Gasteiger partial charge is 0.411 e. The summed E-state index contributed by atoms with van der Waals surface area (Å²) in [5.41, 5.74) is 0.627. The number of piperazine rings is 1. The van der Waals surface area contributed by atoms with Crippen LogP contribution in [0.2, 0.25) is 0 Å². The maximum atomic E-state index is 13.0. The van der Waals surface area contributed by atoms with Crippen LogP contribution in [0.5, 0.6) is 0 Å². The van der Waals surface area contributed by atoms with E-state index in [4.69, 9.17) is 4.52 Å². The van der Waals surface area contributed by atoms with Crippen LogP contribution in [0.25, 0.3) is 11.4 Å². The molecule has 0 saturated carbocycles. The van der Waals surface area contributed by atoms with E-state index >= 15 is 0 Å². The summed E-state index contributed by atoms with van der Waals surface area (Å²) in [6, 6.07) is 5.72. The second-order valence-corrected chi connectivity index (χ2v) is 7.26. The summed E-state index contributed by atoms with van der Waals surface area (Å²) in [7, 11) is 0. The van der Waals surface area contributed by atoms with Crippen molar-refractivity contribution < 1.29 is 31.6 Å². The molecule has 7 nitrogen and oxygen atoms in total. The normalized spacial score (nSPS) is 15.4. The fourth-order valence-corrected chi connectivity index (χ4v) is 3.24. The molecule has 0 spiro atoms. The lowest BCUT2D eigenvalue weighted by Crippen LogP contribution is -2.49. The molecule has 0 radical (unpaired) electrons. The number of hydrogen-bond acceptors (Lipinski definition) is 6.